The van der Waals surface area contributed by atoms with E-state index < -0.39 is 0 Å². The molecule has 0 aliphatic rings. The summed E-state index contributed by atoms with van der Waals surface area (Å²) in [5, 5.41) is 19.9. The molecular weight excluding hydrogens is 328 g/mol. The van der Waals surface area contributed by atoms with Crippen molar-refractivity contribution in [1.82, 2.24) is 4.98 Å². The van der Waals surface area contributed by atoms with Gasteiger partial charge < -0.3 is 5.73 Å². The molecule has 1 aromatic carbocycles. The van der Waals surface area contributed by atoms with Gasteiger partial charge in [0.1, 0.15) is 28.5 Å². The molecule has 128 valence electrons. The highest BCUT2D eigenvalue weighted by molar-refractivity contribution is 7.99. The van der Waals surface area contributed by atoms with Gasteiger partial charge in [-0.2, -0.15) is 10.5 Å². The van der Waals surface area contributed by atoms with Gasteiger partial charge in [-0.3, -0.25) is 0 Å². The highest BCUT2D eigenvalue weighted by Crippen LogP contribution is 2.36. The summed E-state index contributed by atoms with van der Waals surface area (Å²) in [6.07, 6.45) is 0. The van der Waals surface area contributed by atoms with E-state index >= 15 is 0 Å². The molecule has 0 spiro atoms. The van der Waals surface area contributed by atoms with Gasteiger partial charge in [0.2, 0.25) is 0 Å². The van der Waals surface area contributed by atoms with Crippen molar-refractivity contribution in [3.05, 3.63) is 41.0 Å². The molecule has 5 heteroatoms. The SMILES string of the molecule is CC(C)CSc1nc(N)c(C#N)c(-c2ccc(C(C)C)cc2)c1C#N. The molecule has 0 radical (unpaired) electrons. The number of hydrogen-bond donors (Lipinski definition) is 1. The Labute approximate surface area is 153 Å². The molecule has 0 saturated carbocycles. The first-order valence-electron chi connectivity index (χ1n) is 8.25. The molecule has 25 heavy (non-hydrogen) atoms. The van der Waals surface area contributed by atoms with Crippen LogP contribution in [0.3, 0.4) is 0 Å². The van der Waals surface area contributed by atoms with Crippen molar-refractivity contribution >= 4 is 17.6 Å². The van der Waals surface area contributed by atoms with Gasteiger partial charge in [0.15, 0.2) is 0 Å². The van der Waals surface area contributed by atoms with Crippen LogP contribution in [0.15, 0.2) is 29.3 Å². The van der Waals surface area contributed by atoms with Crippen molar-refractivity contribution < 1.29 is 0 Å². The summed E-state index contributed by atoms with van der Waals surface area (Å²) in [7, 11) is 0. The van der Waals surface area contributed by atoms with Crippen LogP contribution in [0, 0.1) is 28.6 Å². The maximum atomic E-state index is 9.73. The normalized spacial score (nSPS) is 10.7. The van der Waals surface area contributed by atoms with E-state index in [-0.39, 0.29) is 11.4 Å². The highest BCUT2D eigenvalue weighted by Gasteiger charge is 2.20. The summed E-state index contributed by atoms with van der Waals surface area (Å²) in [4.78, 5) is 4.31. The van der Waals surface area contributed by atoms with Crippen LogP contribution in [0.5, 0.6) is 0 Å². The third-order valence-corrected chi connectivity index (χ3v) is 5.24. The van der Waals surface area contributed by atoms with Gasteiger partial charge in [-0.05, 0) is 23.0 Å². The van der Waals surface area contributed by atoms with Gasteiger partial charge in [-0.25, -0.2) is 4.98 Å². The number of thioether (sulfide) groups is 1. The predicted octanol–water partition coefficient (Wildman–Crippen LogP) is 4.95. The standard InChI is InChI=1S/C20H22N4S/c1-12(2)11-25-20-17(10-22)18(16(9-21)19(23)24-20)15-7-5-14(6-8-15)13(3)4/h5-8,12-13H,11H2,1-4H3,(H2,23,24). The number of nitrogen functional groups attached to an aromatic ring is 1. The molecule has 1 aromatic heterocycles. The summed E-state index contributed by atoms with van der Waals surface area (Å²) in [5.74, 6) is 1.89. The molecule has 2 N–H and O–H groups in total. The van der Waals surface area contributed by atoms with Crippen molar-refractivity contribution in [1.29, 1.82) is 10.5 Å². The molecule has 1 heterocycles. The largest absolute Gasteiger partial charge is 0.383 e. The monoisotopic (exact) mass is 350 g/mol. The Balaban J connectivity index is 2.65. The van der Waals surface area contributed by atoms with E-state index in [1.165, 1.54) is 17.3 Å². The summed E-state index contributed by atoms with van der Waals surface area (Å²) < 4.78 is 0. The lowest BCUT2D eigenvalue weighted by Gasteiger charge is -2.14. The van der Waals surface area contributed by atoms with Crippen molar-refractivity contribution in [2.24, 2.45) is 5.92 Å². The first-order chi connectivity index (χ1) is 11.9. The quantitative estimate of drug-likeness (QED) is 0.771. The van der Waals surface area contributed by atoms with E-state index in [0.717, 1.165) is 11.3 Å². The fourth-order valence-electron chi connectivity index (χ4n) is 2.47. The van der Waals surface area contributed by atoms with Crippen LogP contribution < -0.4 is 5.73 Å². The van der Waals surface area contributed by atoms with E-state index in [4.69, 9.17) is 5.73 Å². The van der Waals surface area contributed by atoms with Gasteiger partial charge in [-0.1, -0.05) is 52.0 Å². The number of nitrogens with zero attached hydrogens (tertiary/aromatic N) is 3. The Hall–Kier alpha value is -2.50. The molecule has 0 aliphatic carbocycles. The number of pyridine rings is 1. The van der Waals surface area contributed by atoms with Crippen LogP contribution in [-0.4, -0.2) is 10.7 Å². The van der Waals surface area contributed by atoms with Crippen molar-refractivity contribution in [3.8, 4) is 23.3 Å². The van der Waals surface area contributed by atoms with E-state index in [0.29, 0.717) is 28.0 Å². The first-order valence-corrected chi connectivity index (χ1v) is 9.24. The van der Waals surface area contributed by atoms with Crippen LogP contribution in [0.2, 0.25) is 0 Å². The van der Waals surface area contributed by atoms with Crippen LogP contribution in [0.25, 0.3) is 11.1 Å². The van der Waals surface area contributed by atoms with Crippen LogP contribution in [0.1, 0.15) is 50.3 Å². The zero-order valence-corrected chi connectivity index (χ0v) is 15.8. The molecule has 4 nitrogen and oxygen atoms in total. The fourth-order valence-corrected chi connectivity index (χ4v) is 3.42. The number of anilines is 1. The maximum absolute atomic E-state index is 9.73. The maximum Gasteiger partial charge on any atom is 0.143 e. The third-order valence-electron chi connectivity index (χ3n) is 3.84. The molecule has 2 aromatic rings. The van der Waals surface area contributed by atoms with Gasteiger partial charge >= 0.3 is 0 Å². The average Bonchev–Trinajstić information content (AvgIpc) is 2.59. The number of nitrogens with two attached hydrogens (primary N) is 1. The Kier molecular flexibility index (Phi) is 6.07. The van der Waals surface area contributed by atoms with E-state index in [1.54, 1.807) is 0 Å². The molecule has 0 aliphatic heterocycles. The summed E-state index contributed by atoms with van der Waals surface area (Å²) >= 11 is 1.51. The molecule has 0 amide bonds. The molecule has 0 fully saturated rings. The summed E-state index contributed by atoms with van der Waals surface area (Å²) in [5.41, 5.74) is 9.32. The van der Waals surface area contributed by atoms with Crippen molar-refractivity contribution in [2.75, 3.05) is 11.5 Å². The highest BCUT2D eigenvalue weighted by atomic mass is 32.2. The second-order valence-corrected chi connectivity index (χ2v) is 7.64. The number of rotatable bonds is 5. The van der Waals surface area contributed by atoms with Gasteiger partial charge in [0.25, 0.3) is 0 Å². The lowest BCUT2D eigenvalue weighted by molar-refractivity contribution is 0.749. The minimum Gasteiger partial charge on any atom is -0.383 e. The van der Waals surface area contributed by atoms with Gasteiger partial charge in [-0.15, -0.1) is 11.8 Å². The Morgan fingerprint density at radius 2 is 1.64 bits per heavy atom. The Morgan fingerprint density at radius 1 is 1.04 bits per heavy atom. The molecule has 0 atom stereocenters. The third kappa shape index (κ3) is 4.13. The van der Waals surface area contributed by atoms with Gasteiger partial charge in [0.05, 0.1) is 5.56 Å². The number of benzene rings is 1. The van der Waals surface area contributed by atoms with Crippen molar-refractivity contribution in [2.45, 2.75) is 38.6 Å². The van der Waals surface area contributed by atoms with Crippen molar-refractivity contribution in [3.63, 3.8) is 0 Å². The molecule has 0 bridgehead atoms. The van der Waals surface area contributed by atoms with Crippen LogP contribution >= 0.6 is 11.8 Å². The zero-order valence-electron chi connectivity index (χ0n) is 15.0. The molecular formula is C20H22N4S. The van der Waals surface area contributed by atoms with Gasteiger partial charge in [0, 0.05) is 11.3 Å². The predicted molar refractivity (Wildman–Crippen MR) is 103 cm³/mol. The minimum absolute atomic E-state index is 0.177. The fraction of sp³-hybridized carbons (Fsp3) is 0.350. The number of aromatic nitrogens is 1. The van der Waals surface area contributed by atoms with E-state index in [9.17, 15) is 10.5 Å². The Morgan fingerprint density at radius 3 is 2.12 bits per heavy atom. The smallest absolute Gasteiger partial charge is 0.143 e. The lowest BCUT2D eigenvalue weighted by atomic mass is 9.94. The topological polar surface area (TPSA) is 86.5 Å². The Bertz CT molecular complexity index is 840. The number of nitriles is 2. The minimum atomic E-state index is 0.177. The average molecular weight is 350 g/mol. The first kappa shape index (κ1) is 18.8. The molecule has 0 saturated heterocycles. The molecule has 0 unspecified atom stereocenters. The zero-order chi connectivity index (χ0) is 18.6. The van der Waals surface area contributed by atoms with E-state index in [2.05, 4.69) is 44.8 Å². The molecule has 2 rings (SSSR count). The second-order valence-electron chi connectivity index (χ2n) is 6.63. The van der Waals surface area contributed by atoms with Crippen LogP contribution in [-0.2, 0) is 0 Å². The lowest BCUT2D eigenvalue weighted by Crippen LogP contribution is -2.04. The van der Waals surface area contributed by atoms with Crippen LogP contribution in [0.4, 0.5) is 5.82 Å². The summed E-state index contributed by atoms with van der Waals surface area (Å²) in [6, 6.07) is 12.3. The number of hydrogen-bond acceptors (Lipinski definition) is 5. The van der Waals surface area contributed by atoms with E-state index in [1.807, 2.05) is 24.3 Å². The second kappa shape index (κ2) is 8.05. The summed E-state index contributed by atoms with van der Waals surface area (Å²) in [6.45, 7) is 8.47.